The van der Waals surface area contributed by atoms with Gasteiger partial charge in [-0.3, -0.25) is 4.79 Å². The number of para-hydroxylation sites is 1. The number of hydrogen-bond acceptors (Lipinski definition) is 7. The summed E-state index contributed by atoms with van der Waals surface area (Å²) >= 11 is 12.9. The van der Waals surface area contributed by atoms with Crippen molar-refractivity contribution in [3.05, 3.63) is 87.5 Å². The Morgan fingerprint density at radius 2 is 1.67 bits per heavy atom. The number of anilines is 2. The zero-order chi connectivity index (χ0) is 27.7. The third-order valence-corrected chi connectivity index (χ3v) is 6.87. The van der Waals surface area contributed by atoms with E-state index in [0.29, 0.717) is 67.2 Å². The van der Waals surface area contributed by atoms with Crippen molar-refractivity contribution in [2.45, 2.75) is 13.0 Å². The van der Waals surface area contributed by atoms with Crippen LogP contribution in [0.4, 0.5) is 11.6 Å². The standard InChI is InChI=1S/C28H25Cl2N5O4/c1-15-23(27(36)32-18-8-6-5-7-9-18)24(19-11-10-17(29)14-20(19)30)35-28(31-15)33-26(34-35)16-12-21(37-2)25(39-4)22(13-16)38-3/h5-14,24H,1-4H3,(H,32,36)(H,31,33,34). The van der Waals surface area contributed by atoms with Gasteiger partial charge in [-0.25, -0.2) is 4.68 Å². The van der Waals surface area contributed by atoms with E-state index in [4.69, 9.17) is 47.5 Å². The van der Waals surface area contributed by atoms with Gasteiger partial charge in [-0.1, -0.05) is 47.5 Å². The van der Waals surface area contributed by atoms with Crippen LogP contribution < -0.4 is 24.8 Å². The Bertz CT molecular complexity index is 1560. The molecule has 5 rings (SSSR count). The van der Waals surface area contributed by atoms with Crippen LogP contribution in [0.15, 0.2) is 71.9 Å². The Morgan fingerprint density at radius 3 is 2.28 bits per heavy atom. The molecule has 2 heterocycles. The summed E-state index contributed by atoms with van der Waals surface area (Å²) < 4.78 is 18.1. The molecule has 200 valence electrons. The number of hydrogen-bond donors (Lipinski definition) is 2. The molecule has 2 N–H and O–H groups in total. The summed E-state index contributed by atoms with van der Waals surface area (Å²) in [7, 11) is 4.61. The average molecular weight is 566 g/mol. The molecule has 3 aromatic carbocycles. The number of benzene rings is 3. The molecule has 4 aromatic rings. The number of halogens is 2. The van der Waals surface area contributed by atoms with Gasteiger partial charge >= 0.3 is 0 Å². The summed E-state index contributed by atoms with van der Waals surface area (Å²) in [6.07, 6.45) is 0. The van der Waals surface area contributed by atoms with Crippen LogP contribution in [0.25, 0.3) is 11.4 Å². The summed E-state index contributed by atoms with van der Waals surface area (Å²) in [6.45, 7) is 1.81. The second-order valence-corrected chi connectivity index (χ2v) is 9.51. The number of carbonyl (C=O) groups excluding carboxylic acids is 1. The second-order valence-electron chi connectivity index (χ2n) is 8.67. The second kappa shape index (κ2) is 10.9. The number of methoxy groups -OCH3 is 3. The molecule has 1 aliphatic rings. The summed E-state index contributed by atoms with van der Waals surface area (Å²) in [5.41, 5.74) is 2.96. The normalized spacial score (nSPS) is 14.4. The molecule has 0 saturated carbocycles. The molecular weight excluding hydrogens is 541 g/mol. The van der Waals surface area contributed by atoms with Crippen molar-refractivity contribution in [3.8, 4) is 28.6 Å². The van der Waals surface area contributed by atoms with Crippen LogP contribution in [0.3, 0.4) is 0 Å². The molecule has 1 atom stereocenters. The lowest BCUT2D eigenvalue weighted by molar-refractivity contribution is -0.113. The van der Waals surface area contributed by atoms with E-state index in [1.807, 2.05) is 37.3 Å². The summed E-state index contributed by atoms with van der Waals surface area (Å²) in [6, 6.07) is 17.2. The quantitative estimate of drug-likeness (QED) is 0.275. The third-order valence-electron chi connectivity index (χ3n) is 6.31. The van der Waals surface area contributed by atoms with Gasteiger partial charge in [-0.05, 0) is 43.3 Å². The fraction of sp³-hybridized carbons (Fsp3) is 0.179. The van der Waals surface area contributed by atoms with Crippen LogP contribution in [0.2, 0.25) is 10.0 Å². The molecule has 1 aliphatic heterocycles. The summed E-state index contributed by atoms with van der Waals surface area (Å²) in [5.74, 6) is 1.88. The number of aromatic nitrogens is 3. The number of allylic oxidation sites excluding steroid dienone is 1. The van der Waals surface area contributed by atoms with E-state index >= 15 is 0 Å². The Morgan fingerprint density at radius 1 is 0.974 bits per heavy atom. The van der Waals surface area contributed by atoms with Crippen molar-refractivity contribution in [2.75, 3.05) is 32.0 Å². The molecular formula is C28H25Cl2N5O4. The number of nitrogens with zero attached hydrogens (tertiary/aromatic N) is 3. The minimum Gasteiger partial charge on any atom is -0.493 e. The first-order chi connectivity index (χ1) is 18.8. The predicted molar refractivity (Wildman–Crippen MR) is 151 cm³/mol. The van der Waals surface area contributed by atoms with E-state index in [2.05, 4.69) is 10.6 Å². The molecule has 1 unspecified atom stereocenters. The highest BCUT2D eigenvalue weighted by Crippen LogP contribution is 2.43. The van der Waals surface area contributed by atoms with Gasteiger partial charge in [-0.15, -0.1) is 5.10 Å². The molecule has 0 bridgehead atoms. The highest BCUT2D eigenvalue weighted by Gasteiger charge is 2.36. The van der Waals surface area contributed by atoms with Gasteiger partial charge < -0.3 is 24.8 Å². The van der Waals surface area contributed by atoms with E-state index in [0.717, 1.165) is 0 Å². The molecule has 11 heteroatoms. The lowest BCUT2D eigenvalue weighted by atomic mass is 9.95. The molecule has 39 heavy (non-hydrogen) atoms. The summed E-state index contributed by atoms with van der Waals surface area (Å²) in [4.78, 5) is 18.4. The third kappa shape index (κ3) is 4.98. The number of ether oxygens (including phenoxy) is 3. The van der Waals surface area contributed by atoms with Gasteiger partial charge in [0.15, 0.2) is 17.3 Å². The molecule has 1 amide bonds. The number of amides is 1. The molecule has 0 radical (unpaired) electrons. The van der Waals surface area contributed by atoms with Crippen LogP contribution in [-0.2, 0) is 4.79 Å². The molecule has 0 fully saturated rings. The van der Waals surface area contributed by atoms with Gasteiger partial charge in [0.2, 0.25) is 11.7 Å². The Labute approximate surface area is 235 Å². The van der Waals surface area contributed by atoms with Crippen LogP contribution in [-0.4, -0.2) is 42.0 Å². The zero-order valence-electron chi connectivity index (χ0n) is 21.6. The Kier molecular flexibility index (Phi) is 7.36. The SMILES string of the molecule is COc1cc(-c2nc3n(n2)C(c2ccc(Cl)cc2Cl)C(C(=O)Nc2ccccc2)=C(C)N3)cc(OC)c1OC. The number of rotatable bonds is 7. The summed E-state index contributed by atoms with van der Waals surface area (Å²) in [5, 5.41) is 11.9. The smallest absolute Gasteiger partial charge is 0.255 e. The zero-order valence-corrected chi connectivity index (χ0v) is 23.1. The van der Waals surface area contributed by atoms with Crippen molar-refractivity contribution in [2.24, 2.45) is 0 Å². The van der Waals surface area contributed by atoms with Crippen molar-refractivity contribution in [3.63, 3.8) is 0 Å². The monoisotopic (exact) mass is 565 g/mol. The largest absolute Gasteiger partial charge is 0.493 e. The van der Waals surface area contributed by atoms with Crippen LogP contribution in [0, 0.1) is 0 Å². The fourth-order valence-electron chi connectivity index (χ4n) is 4.51. The molecule has 0 spiro atoms. The first kappa shape index (κ1) is 26.4. The van der Waals surface area contributed by atoms with E-state index in [9.17, 15) is 4.79 Å². The lowest BCUT2D eigenvalue weighted by Crippen LogP contribution is -2.31. The maximum absolute atomic E-state index is 13.7. The maximum atomic E-state index is 13.7. The van der Waals surface area contributed by atoms with Gasteiger partial charge in [0.05, 0.1) is 26.9 Å². The van der Waals surface area contributed by atoms with Crippen molar-refractivity contribution in [1.29, 1.82) is 0 Å². The maximum Gasteiger partial charge on any atom is 0.255 e. The molecule has 9 nitrogen and oxygen atoms in total. The molecule has 0 saturated heterocycles. The minimum absolute atomic E-state index is 0.308. The van der Waals surface area contributed by atoms with Gasteiger partial charge in [-0.2, -0.15) is 4.98 Å². The van der Waals surface area contributed by atoms with Crippen molar-refractivity contribution in [1.82, 2.24) is 14.8 Å². The van der Waals surface area contributed by atoms with E-state index < -0.39 is 6.04 Å². The molecule has 1 aromatic heterocycles. The number of fused-ring (bicyclic) bond motifs is 1. The average Bonchev–Trinajstić information content (AvgIpc) is 3.36. The Balaban J connectivity index is 1.65. The Hall–Kier alpha value is -4.21. The van der Waals surface area contributed by atoms with Crippen LogP contribution in [0.1, 0.15) is 18.5 Å². The number of carbonyl (C=O) groups is 1. The van der Waals surface area contributed by atoms with Gasteiger partial charge in [0, 0.05) is 32.6 Å². The van der Waals surface area contributed by atoms with E-state index in [-0.39, 0.29) is 5.91 Å². The first-order valence-electron chi connectivity index (χ1n) is 11.9. The van der Waals surface area contributed by atoms with Gasteiger partial charge in [0.25, 0.3) is 5.91 Å². The van der Waals surface area contributed by atoms with Crippen LogP contribution in [0.5, 0.6) is 17.2 Å². The highest BCUT2D eigenvalue weighted by atomic mass is 35.5. The fourth-order valence-corrected chi connectivity index (χ4v) is 5.02. The lowest BCUT2D eigenvalue weighted by Gasteiger charge is -2.29. The molecule has 0 aliphatic carbocycles. The highest BCUT2D eigenvalue weighted by molar-refractivity contribution is 6.35. The minimum atomic E-state index is -0.696. The van der Waals surface area contributed by atoms with Crippen molar-refractivity contribution >= 4 is 40.7 Å². The van der Waals surface area contributed by atoms with E-state index in [1.54, 1.807) is 35.0 Å². The van der Waals surface area contributed by atoms with Gasteiger partial charge in [0.1, 0.15) is 6.04 Å². The first-order valence-corrected chi connectivity index (χ1v) is 12.7. The van der Waals surface area contributed by atoms with Crippen LogP contribution >= 0.6 is 23.2 Å². The van der Waals surface area contributed by atoms with E-state index in [1.165, 1.54) is 21.3 Å². The van der Waals surface area contributed by atoms with Crippen molar-refractivity contribution < 1.29 is 19.0 Å². The topological polar surface area (TPSA) is 99.5 Å². The number of nitrogens with one attached hydrogen (secondary N) is 2. The predicted octanol–water partition coefficient (Wildman–Crippen LogP) is 6.21.